The highest BCUT2D eigenvalue weighted by molar-refractivity contribution is 7.99. The molecule has 0 aliphatic carbocycles. The molecule has 134 valence electrons. The van der Waals surface area contributed by atoms with Gasteiger partial charge in [-0.2, -0.15) is 0 Å². The molecular weight excluding hydrogens is 332 g/mol. The van der Waals surface area contributed by atoms with E-state index in [0.717, 1.165) is 43.2 Å². The minimum atomic E-state index is 0.214. The summed E-state index contributed by atoms with van der Waals surface area (Å²) in [7, 11) is 1.98. The molecule has 1 aliphatic heterocycles. The highest BCUT2D eigenvalue weighted by Crippen LogP contribution is 2.21. The minimum absolute atomic E-state index is 0.214. The quantitative estimate of drug-likeness (QED) is 0.745. The van der Waals surface area contributed by atoms with Gasteiger partial charge in [-0.25, -0.2) is 0 Å². The Morgan fingerprint density at radius 1 is 1.20 bits per heavy atom. The molecule has 1 atom stereocenters. The van der Waals surface area contributed by atoms with Gasteiger partial charge in [-0.05, 0) is 38.2 Å². The van der Waals surface area contributed by atoms with Gasteiger partial charge in [0.1, 0.15) is 5.82 Å². The molecule has 0 spiro atoms. The Hall–Kier alpha value is -1.82. The number of carbonyl (C=O) groups is 1. The zero-order valence-corrected chi connectivity index (χ0v) is 15.8. The van der Waals surface area contributed by atoms with E-state index in [9.17, 15) is 4.79 Å². The number of benzene rings is 1. The molecule has 1 aromatic carbocycles. The van der Waals surface area contributed by atoms with Gasteiger partial charge >= 0.3 is 0 Å². The number of aromatic nitrogens is 3. The van der Waals surface area contributed by atoms with E-state index in [1.165, 1.54) is 23.7 Å². The van der Waals surface area contributed by atoms with Crippen molar-refractivity contribution in [1.29, 1.82) is 0 Å². The molecule has 0 unspecified atom stereocenters. The standard InChI is InChI=1S/C19H26N4OS/c1-15-8-6-7-13-23(15)18(24)14-25-19-21-20-17(22(19)2)12-11-16-9-4-3-5-10-16/h3-5,9-10,15H,6-8,11-14H2,1-2H3/t15-/m0/s1. The van der Waals surface area contributed by atoms with Crippen LogP contribution in [-0.4, -0.2) is 43.9 Å². The summed E-state index contributed by atoms with van der Waals surface area (Å²) in [6, 6.07) is 10.8. The first-order valence-corrected chi connectivity index (χ1v) is 9.98. The van der Waals surface area contributed by atoms with Crippen molar-refractivity contribution < 1.29 is 4.79 Å². The zero-order chi connectivity index (χ0) is 17.6. The SMILES string of the molecule is C[C@H]1CCCCN1C(=O)CSc1nnc(CCc2ccccc2)n1C. The van der Waals surface area contributed by atoms with Gasteiger partial charge in [0.2, 0.25) is 5.91 Å². The Balaban J connectivity index is 1.53. The van der Waals surface area contributed by atoms with Gasteiger partial charge in [-0.15, -0.1) is 10.2 Å². The Bertz CT molecular complexity index is 701. The molecule has 2 aromatic rings. The van der Waals surface area contributed by atoms with Crippen LogP contribution in [-0.2, 0) is 24.7 Å². The Morgan fingerprint density at radius 2 is 2.00 bits per heavy atom. The average molecular weight is 359 g/mol. The molecular formula is C19H26N4OS. The van der Waals surface area contributed by atoms with E-state index in [-0.39, 0.29) is 5.91 Å². The summed E-state index contributed by atoms with van der Waals surface area (Å²) in [6.45, 7) is 3.04. The smallest absolute Gasteiger partial charge is 0.233 e. The fraction of sp³-hybridized carbons (Fsp3) is 0.526. The van der Waals surface area contributed by atoms with Crippen LogP contribution in [0.1, 0.15) is 37.6 Å². The molecule has 0 N–H and O–H groups in total. The zero-order valence-electron chi connectivity index (χ0n) is 15.0. The number of hydrogen-bond acceptors (Lipinski definition) is 4. The van der Waals surface area contributed by atoms with Gasteiger partial charge in [0, 0.05) is 26.1 Å². The van der Waals surface area contributed by atoms with Gasteiger partial charge in [0.05, 0.1) is 5.75 Å². The van der Waals surface area contributed by atoms with Crippen molar-refractivity contribution in [2.24, 2.45) is 7.05 Å². The number of nitrogens with zero attached hydrogens (tertiary/aromatic N) is 4. The fourth-order valence-electron chi connectivity index (χ4n) is 3.27. The molecule has 0 saturated carbocycles. The number of amides is 1. The van der Waals surface area contributed by atoms with Crippen LogP contribution in [0.15, 0.2) is 35.5 Å². The third-order valence-corrected chi connectivity index (χ3v) is 5.86. The third kappa shape index (κ3) is 4.63. The highest BCUT2D eigenvalue weighted by atomic mass is 32.2. The molecule has 0 bridgehead atoms. The van der Waals surface area contributed by atoms with Crippen molar-refractivity contribution in [3.05, 3.63) is 41.7 Å². The number of thioether (sulfide) groups is 1. The summed E-state index contributed by atoms with van der Waals surface area (Å²) >= 11 is 1.49. The van der Waals surface area contributed by atoms with E-state index >= 15 is 0 Å². The fourth-order valence-corrected chi connectivity index (χ4v) is 4.08. The first kappa shape index (κ1) is 18.0. The number of rotatable bonds is 6. The predicted octanol–water partition coefficient (Wildman–Crippen LogP) is 3.09. The summed E-state index contributed by atoms with van der Waals surface area (Å²) in [5.74, 6) is 1.62. The van der Waals surface area contributed by atoms with E-state index in [4.69, 9.17) is 0 Å². The maximum Gasteiger partial charge on any atom is 0.233 e. The van der Waals surface area contributed by atoms with Gasteiger partial charge in [0.15, 0.2) is 5.16 Å². The molecule has 2 heterocycles. The molecule has 1 fully saturated rings. The van der Waals surface area contributed by atoms with Crippen LogP contribution in [0.25, 0.3) is 0 Å². The summed E-state index contributed by atoms with van der Waals surface area (Å²) in [5.41, 5.74) is 1.30. The van der Waals surface area contributed by atoms with Crippen molar-refractivity contribution in [2.45, 2.75) is 50.2 Å². The van der Waals surface area contributed by atoms with Gasteiger partial charge < -0.3 is 9.47 Å². The van der Waals surface area contributed by atoms with E-state index in [1.54, 1.807) is 0 Å². The number of hydrogen-bond donors (Lipinski definition) is 0. The minimum Gasteiger partial charge on any atom is -0.339 e. The summed E-state index contributed by atoms with van der Waals surface area (Å²) in [6.07, 6.45) is 5.26. The van der Waals surface area contributed by atoms with Crippen LogP contribution in [0, 0.1) is 0 Å². The molecule has 6 heteroatoms. The largest absolute Gasteiger partial charge is 0.339 e. The monoisotopic (exact) mass is 358 g/mol. The molecule has 3 rings (SSSR count). The highest BCUT2D eigenvalue weighted by Gasteiger charge is 2.23. The second kappa shape index (κ2) is 8.52. The normalized spacial score (nSPS) is 17.7. The van der Waals surface area contributed by atoms with Crippen molar-refractivity contribution in [1.82, 2.24) is 19.7 Å². The predicted molar refractivity (Wildman–Crippen MR) is 101 cm³/mol. The van der Waals surface area contributed by atoms with Gasteiger partial charge in [-0.1, -0.05) is 42.1 Å². The molecule has 5 nitrogen and oxygen atoms in total. The maximum atomic E-state index is 12.5. The molecule has 1 aliphatic rings. The summed E-state index contributed by atoms with van der Waals surface area (Å²) < 4.78 is 2.01. The van der Waals surface area contributed by atoms with Crippen molar-refractivity contribution in [3.63, 3.8) is 0 Å². The number of carbonyl (C=O) groups excluding carboxylic acids is 1. The molecule has 0 radical (unpaired) electrons. The first-order valence-electron chi connectivity index (χ1n) is 8.99. The van der Waals surface area contributed by atoms with Crippen molar-refractivity contribution in [3.8, 4) is 0 Å². The molecule has 1 aromatic heterocycles. The van der Waals surface area contributed by atoms with E-state index in [0.29, 0.717) is 11.8 Å². The number of aryl methyl sites for hydroxylation is 2. The molecule has 1 amide bonds. The second-order valence-electron chi connectivity index (χ2n) is 6.66. The lowest BCUT2D eigenvalue weighted by molar-refractivity contribution is -0.131. The lowest BCUT2D eigenvalue weighted by Gasteiger charge is -2.33. The Morgan fingerprint density at radius 3 is 2.76 bits per heavy atom. The molecule has 1 saturated heterocycles. The van der Waals surface area contributed by atoms with Crippen LogP contribution >= 0.6 is 11.8 Å². The summed E-state index contributed by atoms with van der Waals surface area (Å²) in [4.78, 5) is 14.5. The van der Waals surface area contributed by atoms with Gasteiger partial charge in [0.25, 0.3) is 0 Å². The summed E-state index contributed by atoms with van der Waals surface area (Å²) in [5, 5.41) is 9.39. The van der Waals surface area contributed by atoms with Crippen molar-refractivity contribution in [2.75, 3.05) is 12.3 Å². The van der Waals surface area contributed by atoms with Crippen LogP contribution in [0.2, 0.25) is 0 Å². The Kier molecular flexibility index (Phi) is 6.13. The lowest BCUT2D eigenvalue weighted by atomic mass is 10.0. The topological polar surface area (TPSA) is 51.0 Å². The first-order chi connectivity index (χ1) is 12.1. The molecule has 25 heavy (non-hydrogen) atoms. The van der Waals surface area contributed by atoms with E-state index in [1.807, 2.05) is 22.6 Å². The van der Waals surface area contributed by atoms with E-state index in [2.05, 4.69) is 41.4 Å². The van der Waals surface area contributed by atoms with E-state index < -0.39 is 0 Å². The van der Waals surface area contributed by atoms with Crippen LogP contribution < -0.4 is 0 Å². The Labute approximate surface area is 153 Å². The number of likely N-dealkylation sites (tertiary alicyclic amines) is 1. The number of piperidine rings is 1. The van der Waals surface area contributed by atoms with Crippen LogP contribution in [0.4, 0.5) is 0 Å². The van der Waals surface area contributed by atoms with Gasteiger partial charge in [-0.3, -0.25) is 4.79 Å². The van der Waals surface area contributed by atoms with Crippen LogP contribution in [0.5, 0.6) is 0 Å². The van der Waals surface area contributed by atoms with Crippen molar-refractivity contribution >= 4 is 17.7 Å². The third-order valence-electron chi connectivity index (χ3n) is 4.85. The average Bonchev–Trinajstić information content (AvgIpc) is 2.99. The second-order valence-corrected chi connectivity index (χ2v) is 7.61. The van der Waals surface area contributed by atoms with Crippen LogP contribution in [0.3, 0.4) is 0 Å². The maximum absolute atomic E-state index is 12.5. The lowest BCUT2D eigenvalue weighted by Crippen LogP contribution is -2.42.